The first-order chi connectivity index (χ1) is 13.9. The van der Waals surface area contributed by atoms with Crippen molar-refractivity contribution in [1.82, 2.24) is 5.32 Å². The smallest absolute Gasteiger partial charge is 0.349 e. The van der Waals surface area contributed by atoms with Crippen LogP contribution in [0.5, 0.6) is 0 Å². The summed E-state index contributed by atoms with van der Waals surface area (Å²) in [5.74, 6) is -0.838. The fraction of sp³-hybridized carbons (Fsp3) is 0.292. The van der Waals surface area contributed by atoms with Crippen molar-refractivity contribution in [3.05, 3.63) is 76.9 Å². The summed E-state index contributed by atoms with van der Waals surface area (Å²) in [6, 6.07) is 18.7. The van der Waals surface area contributed by atoms with E-state index >= 15 is 0 Å². The van der Waals surface area contributed by atoms with Gasteiger partial charge >= 0.3 is 5.97 Å². The van der Waals surface area contributed by atoms with Gasteiger partial charge in [-0.15, -0.1) is 0 Å². The second-order valence-electron chi connectivity index (χ2n) is 7.32. The van der Waals surface area contributed by atoms with E-state index in [9.17, 15) is 14.9 Å². The Morgan fingerprint density at radius 2 is 1.76 bits per heavy atom. The maximum atomic E-state index is 12.3. The summed E-state index contributed by atoms with van der Waals surface area (Å²) in [5, 5.41) is 12.2. The van der Waals surface area contributed by atoms with Gasteiger partial charge in [0.15, 0.2) is 6.61 Å². The van der Waals surface area contributed by atoms with Crippen LogP contribution in [0.2, 0.25) is 0 Å². The van der Waals surface area contributed by atoms with E-state index in [0.29, 0.717) is 5.92 Å². The molecular weight excluding hydrogens is 364 g/mol. The lowest BCUT2D eigenvalue weighted by molar-refractivity contribution is -0.144. The van der Waals surface area contributed by atoms with E-state index in [-0.39, 0.29) is 11.6 Å². The molecule has 2 aromatic carbocycles. The minimum Gasteiger partial charge on any atom is -0.451 e. The highest BCUT2D eigenvalue weighted by molar-refractivity contribution is 5.98. The molecule has 0 saturated heterocycles. The molecule has 0 fully saturated rings. The SMILES string of the molecule is Cc1ccc(/C=C(\C#N)C(=O)OCC(=O)N[C@@H](CC(C)C)c2ccccc2)cc1. The van der Waals surface area contributed by atoms with E-state index in [0.717, 1.165) is 23.1 Å². The quantitative estimate of drug-likeness (QED) is 0.413. The van der Waals surface area contributed by atoms with Crippen LogP contribution in [0.3, 0.4) is 0 Å². The minimum absolute atomic E-state index is 0.150. The number of carbonyl (C=O) groups is 2. The number of carbonyl (C=O) groups excluding carboxylic acids is 2. The zero-order valence-electron chi connectivity index (χ0n) is 17.0. The largest absolute Gasteiger partial charge is 0.451 e. The highest BCUT2D eigenvalue weighted by Gasteiger charge is 2.18. The number of benzene rings is 2. The van der Waals surface area contributed by atoms with Crippen molar-refractivity contribution < 1.29 is 14.3 Å². The molecule has 0 aliphatic heterocycles. The number of esters is 1. The Morgan fingerprint density at radius 1 is 1.10 bits per heavy atom. The first kappa shape index (κ1) is 21.9. The molecule has 2 rings (SSSR count). The van der Waals surface area contributed by atoms with E-state index in [4.69, 9.17) is 4.74 Å². The average Bonchev–Trinajstić information content (AvgIpc) is 2.71. The van der Waals surface area contributed by atoms with Crippen molar-refractivity contribution in [3.8, 4) is 6.07 Å². The van der Waals surface area contributed by atoms with Crippen LogP contribution < -0.4 is 5.32 Å². The van der Waals surface area contributed by atoms with Gasteiger partial charge in [0.25, 0.3) is 5.91 Å². The molecule has 2 aromatic rings. The molecule has 150 valence electrons. The van der Waals surface area contributed by atoms with E-state index in [1.54, 1.807) is 0 Å². The Bertz CT molecular complexity index is 894. The maximum Gasteiger partial charge on any atom is 0.349 e. The molecule has 0 aliphatic rings. The van der Waals surface area contributed by atoms with Crippen LogP contribution in [0, 0.1) is 24.2 Å². The molecule has 0 aromatic heterocycles. The summed E-state index contributed by atoms with van der Waals surface area (Å²) in [4.78, 5) is 24.5. The van der Waals surface area contributed by atoms with Gasteiger partial charge in [0.1, 0.15) is 11.6 Å². The lowest BCUT2D eigenvalue weighted by Gasteiger charge is -2.21. The third-order valence-corrected chi connectivity index (χ3v) is 4.31. The molecule has 0 spiro atoms. The number of rotatable bonds is 8. The van der Waals surface area contributed by atoms with Crippen molar-refractivity contribution in [3.63, 3.8) is 0 Å². The Balaban J connectivity index is 1.98. The number of nitriles is 1. The number of nitrogens with zero attached hydrogens (tertiary/aromatic N) is 1. The van der Waals surface area contributed by atoms with E-state index in [1.165, 1.54) is 6.08 Å². The summed E-state index contributed by atoms with van der Waals surface area (Å²) in [6.45, 7) is 5.68. The number of nitrogens with one attached hydrogen (secondary N) is 1. The fourth-order valence-electron chi connectivity index (χ4n) is 2.85. The first-order valence-corrected chi connectivity index (χ1v) is 9.59. The first-order valence-electron chi connectivity index (χ1n) is 9.59. The predicted octanol–water partition coefficient (Wildman–Crippen LogP) is 4.35. The molecule has 0 aliphatic carbocycles. The van der Waals surface area contributed by atoms with Crippen LogP contribution in [0.4, 0.5) is 0 Å². The van der Waals surface area contributed by atoms with Crippen molar-refractivity contribution in [1.29, 1.82) is 5.26 Å². The molecule has 5 heteroatoms. The zero-order chi connectivity index (χ0) is 21.2. The van der Waals surface area contributed by atoms with Crippen molar-refractivity contribution in [2.75, 3.05) is 6.61 Å². The summed E-state index contributed by atoms with van der Waals surface area (Å²) in [6.07, 6.45) is 2.21. The van der Waals surface area contributed by atoms with E-state index in [1.807, 2.05) is 67.6 Å². The lowest BCUT2D eigenvalue weighted by Crippen LogP contribution is -2.33. The third kappa shape index (κ3) is 7.27. The lowest BCUT2D eigenvalue weighted by atomic mass is 9.97. The fourth-order valence-corrected chi connectivity index (χ4v) is 2.85. The summed E-state index contributed by atoms with van der Waals surface area (Å²) in [5.41, 5.74) is 2.64. The maximum absolute atomic E-state index is 12.3. The number of amides is 1. The van der Waals surface area contributed by atoms with Gasteiger partial charge in [-0.05, 0) is 36.5 Å². The Morgan fingerprint density at radius 3 is 2.34 bits per heavy atom. The molecular formula is C24H26N2O3. The van der Waals surface area contributed by atoms with Gasteiger partial charge < -0.3 is 10.1 Å². The molecule has 0 radical (unpaired) electrons. The van der Waals surface area contributed by atoms with E-state index in [2.05, 4.69) is 19.2 Å². The molecule has 29 heavy (non-hydrogen) atoms. The molecule has 1 atom stereocenters. The highest BCUT2D eigenvalue weighted by Crippen LogP contribution is 2.21. The highest BCUT2D eigenvalue weighted by atomic mass is 16.5. The van der Waals surface area contributed by atoms with Crippen LogP contribution in [0.25, 0.3) is 6.08 Å². The molecule has 0 unspecified atom stereocenters. The van der Waals surface area contributed by atoms with Gasteiger partial charge in [-0.1, -0.05) is 74.0 Å². The number of hydrogen-bond acceptors (Lipinski definition) is 4. The second kappa shape index (κ2) is 10.8. The Hall–Kier alpha value is -3.39. The van der Waals surface area contributed by atoms with Gasteiger partial charge in [0.05, 0.1) is 6.04 Å². The Labute approximate surface area is 172 Å². The summed E-state index contributed by atoms with van der Waals surface area (Å²) < 4.78 is 5.05. The van der Waals surface area contributed by atoms with Gasteiger partial charge in [-0.25, -0.2) is 4.79 Å². The van der Waals surface area contributed by atoms with Gasteiger partial charge in [0.2, 0.25) is 0 Å². The third-order valence-electron chi connectivity index (χ3n) is 4.31. The monoisotopic (exact) mass is 390 g/mol. The van der Waals surface area contributed by atoms with Crippen LogP contribution in [-0.4, -0.2) is 18.5 Å². The van der Waals surface area contributed by atoms with Gasteiger partial charge in [-0.2, -0.15) is 5.26 Å². The Kier molecular flexibility index (Phi) is 8.17. The normalized spacial score (nSPS) is 12.2. The number of aryl methyl sites for hydroxylation is 1. The molecule has 5 nitrogen and oxygen atoms in total. The van der Waals surface area contributed by atoms with Crippen LogP contribution in [0.1, 0.15) is 43.0 Å². The van der Waals surface area contributed by atoms with Crippen molar-refractivity contribution >= 4 is 18.0 Å². The predicted molar refractivity (Wildman–Crippen MR) is 113 cm³/mol. The molecule has 0 bridgehead atoms. The van der Waals surface area contributed by atoms with Gasteiger partial charge in [-0.3, -0.25) is 4.79 Å². The average molecular weight is 390 g/mol. The molecule has 0 heterocycles. The minimum atomic E-state index is -0.816. The second-order valence-corrected chi connectivity index (χ2v) is 7.32. The molecule has 1 amide bonds. The topological polar surface area (TPSA) is 79.2 Å². The summed E-state index contributed by atoms with van der Waals surface area (Å²) >= 11 is 0. The molecule has 0 saturated carbocycles. The number of hydrogen-bond donors (Lipinski definition) is 1. The zero-order valence-corrected chi connectivity index (χ0v) is 17.0. The van der Waals surface area contributed by atoms with Crippen LogP contribution in [-0.2, 0) is 14.3 Å². The summed E-state index contributed by atoms with van der Waals surface area (Å²) in [7, 11) is 0. The standard InChI is InChI=1S/C24H26N2O3/c1-17(2)13-22(20-7-5-4-6-8-20)26-23(27)16-29-24(28)21(15-25)14-19-11-9-18(3)10-12-19/h4-12,14,17,22H,13,16H2,1-3H3,(H,26,27)/b21-14+/t22-/m0/s1. The van der Waals surface area contributed by atoms with Crippen LogP contribution >= 0.6 is 0 Å². The van der Waals surface area contributed by atoms with Crippen LogP contribution in [0.15, 0.2) is 60.2 Å². The molecule has 1 N–H and O–H groups in total. The van der Waals surface area contributed by atoms with E-state index < -0.39 is 18.5 Å². The van der Waals surface area contributed by atoms with Crippen molar-refractivity contribution in [2.24, 2.45) is 5.92 Å². The van der Waals surface area contributed by atoms with Gasteiger partial charge in [0, 0.05) is 0 Å². The van der Waals surface area contributed by atoms with Crippen molar-refractivity contribution in [2.45, 2.75) is 33.2 Å². The number of ether oxygens (including phenoxy) is 1.